The van der Waals surface area contributed by atoms with E-state index in [-0.39, 0.29) is 5.91 Å². The fourth-order valence-electron chi connectivity index (χ4n) is 2.31. The van der Waals surface area contributed by atoms with Crippen molar-refractivity contribution in [3.63, 3.8) is 0 Å². The summed E-state index contributed by atoms with van der Waals surface area (Å²) in [6, 6.07) is 6.04. The van der Waals surface area contributed by atoms with Gasteiger partial charge in [0.25, 0.3) is 0 Å². The summed E-state index contributed by atoms with van der Waals surface area (Å²) in [5.74, 6) is 0.519. The molecule has 0 fully saturated rings. The zero-order valence-corrected chi connectivity index (χ0v) is 10.4. The molecule has 1 atom stereocenters. The summed E-state index contributed by atoms with van der Waals surface area (Å²) >= 11 is 6.01. The van der Waals surface area contributed by atoms with Crippen molar-refractivity contribution in [2.45, 2.75) is 26.2 Å². The number of nitrogens with zero attached hydrogens (tertiary/aromatic N) is 1. The molecular formula is C13H16ClNO. The molecule has 86 valence electrons. The normalized spacial score (nSPS) is 20.2. The van der Waals surface area contributed by atoms with Gasteiger partial charge >= 0.3 is 0 Å². The first-order chi connectivity index (χ1) is 7.58. The standard InChI is InChI=1S/C13H16ClNO/c1-9-8-15(10(2)16)6-5-11-3-4-12(14)7-13(9)11/h3-4,7,9H,5-6,8H2,1-2H3/t9-/m1/s1. The molecule has 0 aromatic heterocycles. The van der Waals surface area contributed by atoms with E-state index in [0.29, 0.717) is 5.92 Å². The summed E-state index contributed by atoms with van der Waals surface area (Å²) < 4.78 is 0. The van der Waals surface area contributed by atoms with Gasteiger partial charge in [0.15, 0.2) is 0 Å². The number of benzene rings is 1. The van der Waals surface area contributed by atoms with Crippen LogP contribution in [0.2, 0.25) is 5.02 Å². The van der Waals surface area contributed by atoms with Gasteiger partial charge in [0, 0.05) is 25.0 Å². The minimum absolute atomic E-state index is 0.158. The van der Waals surface area contributed by atoms with E-state index in [0.717, 1.165) is 24.5 Å². The predicted molar refractivity (Wildman–Crippen MR) is 65.8 cm³/mol. The Labute approximate surface area is 101 Å². The van der Waals surface area contributed by atoms with Crippen molar-refractivity contribution >= 4 is 17.5 Å². The van der Waals surface area contributed by atoms with E-state index in [9.17, 15) is 4.79 Å². The molecule has 0 spiro atoms. The number of halogens is 1. The van der Waals surface area contributed by atoms with E-state index in [1.165, 1.54) is 11.1 Å². The van der Waals surface area contributed by atoms with Gasteiger partial charge in [-0.3, -0.25) is 4.79 Å². The monoisotopic (exact) mass is 237 g/mol. The second kappa shape index (κ2) is 4.46. The lowest BCUT2D eigenvalue weighted by Gasteiger charge is -2.21. The Hall–Kier alpha value is -1.02. The van der Waals surface area contributed by atoms with Crippen molar-refractivity contribution < 1.29 is 4.79 Å². The average Bonchev–Trinajstić information content (AvgIpc) is 2.39. The van der Waals surface area contributed by atoms with E-state index in [2.05, 4.69) is 13.0 Å². The molecule has 0 unspecified atom stereocenters. The molecule has 1 amide bonds. The third kappa shape index (κ3) is 2.22. The first kappa shape index (κ1) is 11.5. The van der Waals surface area contributed by atoms with Crippen LogP contribution in [-0.4, -0.2) is 23.9 Å². The smallest absolute Gasteiger partial charge is 0.219 e. The second-order valence-corrected chi connectivity index (χ2v) is 4.90. The largest absolute Gasteiger partial charge is 0.342 e. The van der Waals surface area contributed by atoms with Crippen molar-refractivity contribution in [1.82, 2.24) is 4.90 Å². The van der Waals surface area contributed by atoms with E-state index < -0.39 is 0 Å². The zero-order chi connectivity index (χ0) is 11.7. The summed E-state index contributed by atoms with van der Waals surface area (Å²) in [4.78, 5) is 13.3. The number of hydrogen-bond acceptors (Lipinski definition) is 1. The summed E-state index contributed by atoms with van der Waals surface area (Å²) in [6.07, 6.45) is 0.927. The van der Waals surface area contributed by atoms with Gasteiger partial charge in [-0.15, -0.1) is 0 Å². The fourth-order valence-corrected chi connectivity index (χ4v) is 2.49. The molecule has 0 aliphatic carbocycles. The highest BCUT2D eigenvalue weighted by atomic mass is 35.5. The van der Waals surface area contributed by atoms with Crippen LogP contribution in [0, 0.1) is 0 Å². The van der Waals surface area contributed by atoms with Crippen molar-refractivity contribution in [2.75, 3.05) is 13.1 Å². The SMILES string of the molecule is CC(=O)N1CCc2ccc(Cl)cc2[C@H](C)C1. The highest BCUT2D eigenvalue weighted by molar-refractivity contribution is 6.30. The van der Waals surface area contributed by atoms with Crippen LogP contribution < -0.4 is 0 Å². The maximum atomic E-state index is 11.4. The molecule has 1 heterocycles. The molecule has 16 heavy (non-hydrogen) atoms. The third-order valence-electron chi connectivity index (χ3n) is 3.23. The molecule has 0 N–H and O–H groups in total. The van der Waals surface area contributed by atoms with Gasteiger partial charge in [-0.25, -0.2) is 0 Å². The molecular weight excluding hydrogens is 222 g/mol. The van der Waals surface area contributed by atoms with Crippen LogP contribution in [0.3, 0.4) is 0 Å². The lowest BCUT2D eigenvalue weighted by atomic mass is 9.95. The van der Waals surface area contributed by atoms with Crippen LogP contribution in [0.1, 0.15) is 30.9 Å². The second-order valence-electron chi connectivity index (χ2n) is 4.46. The molecule has 1 aliphatic rings. The molecule has 1 aromatic rings. The maximum Gasteiger partial charge on any atom is 0.219 e. The molecule has 1 aliphatic heterocycles. The Morgan fingerprint density at radius 2 is 2.25 bits per heavy atom. The van der Waals surface area contributed by atoms with Gasteiger partial charge in [-0.05, 0) is 35.6 Å². The molecule has 0 saturated carbocycles. The van der Waals surface area contributed by atoms with Gasteiger partial charge in [0.1, 0.15) is 0 Å². The average molecular weight is 238 g/mol. The van der Waals surface area contributed by atoms with Crippen LogP contribution in [0.4, 0.5) is 0 Å². The third-order valence-corrected chi connectivity index (χ3v) is 3.46. The van der Waals surface area contributed by atoms with Gasteiger partial charge < -0.3 is 4.90 Å². The maximum absolute atomic E-state index is 11.4. The van der Waals surface area contributed by atoms with Crippen LogP contribution in [0.25, 0.3) is 0 Å². The summed E-state index contributed by atoms with van der Waals surface area (Å²) in [5, 5.41) is 0.780. The number of fused-ring (bicyclic) bond motifs is 1. The zero-order valence-electron chi connectivity index (χ0n) is 9.66. The summed E-state index contributed by atoms with van der Waals surface area (Å²) in [5.41, 5.74) is 2.61. The van der Waals surface area contributed by atoms with Crippen molar-refractivity contribution in [3.8, 4) is 0 Å². The first-order valence-electron chi connectivity index (χ1n) is 5.62. The minimum Gasteiger partial charge on any atom is -0.342 e. The lowest BCUT2D eigenvalue weighted by molar-refractivity contribution is -0.128. The Morgan fingerprint density at radius 3 is 2.94 bits per heavy atom. The molecule has 2 nitrogen and oxygen atoms in total. The van der Waals surface area contributed by atoms with Gasteiger partial charge in [-0.1, -0.05) is 24.6 Å². The number of rotatable bonds is 0. The molecule has 1 aromatic carbocycles. The minimum atomic E-state index is 0.158. The van der Waals surface area contributed by atoms with E-state index in [1.54, 1.807) is 6.92 Å². The van der Waals surface area contributed by atoms with E-state index in [1.807, 2.05) is 17.0 Å². The van der Waals surface area contributed by atoms with Crippen LogP contribution in [0.15, 0.2) is 18.2 Å². The quantitative estimate of drug-likeness (QED) is 0.680. The Balaban J connectivity index is 2.32. The van der Waals surface area contributed by atoms with Gasteiger partial charge in [0.05, 0.1) is 0 Å². The van der Waals surface area contributed by atoms with Crippen LogP contribution >= 0.6 is 11.6 Å². The molecule has 0 radical (unpaired) electrons. The molecule has 0 bridgehead atoms. The Morgan fingerprint density at radius 1 is 1.50 bits per heavy atom. The molecule has 3 heteroatoms. The Kier molecular flexibility index (Phi) is 3.20. The van der Waals surface area contributed by atoms with E-state index in [4.69, 9.17) is 11.6 Å². The lowest BCUT2D eigenvalue weighted by Crippen LogP contribution is -2.32. The highest BCUT2D eigenvalue weighted by Gasteiger charge is 2.21. The first-order valence-corrected chi connectivity index (χ1v) is 5.99. The topological polar surface area (TPSA) is 20.3 Å². The Bertz CT molecular complexity index is 416. The molecule has 2 rings (SSSR count). The predicted octanol–water partition coefficient (Wildman–Crippen LogP) is 2.85. The molecule has 0 saturated heterocycles. The number of carbonyl (C=O) groups is 1. The van der Waals surface area contributed by atoms with Gasteiger partial charge in [-0.2, -0.15) is 0 Å². The summed E-state index contributed by atoms with van der Waals surface area (Å²) in [6.45, 7) is 5.39. The van der Waals surface area contributed by atoms with E-state index >= 15 is 0 Å². The fraction of sp³-hybridized carbons (Fsp3) is 0.462. The van der Waals surface area contributed by atoms with Crippen molar-refractivity contribution in [3.05, 3.63) is 34.3 Å². The number of carbonyl (C=O) groups excluding carboxylic acids is 1. The van der Waals surface area contributed by atoms with Gasteiger partial charge in [0.2, 0.25) is 5.91 Å². The highest BCUT2D eigenvalue weighted by Crippen LogP contribution is 2.27. The van der Waals surface area contributed by atoms with Crippen LogP contribution in [-0.2, 0) is 11.2 Å². The summed E-state index contributed by atoms with van der Waals surface area (Å²) in [7, 11) is 0. The number of hydrogen-bond donors (Lipinski definition) is 0. The van der Waals surface area contributed by atoms with Crippen molar-refractivity contribution in [2.24, 2.45) is 0 Å². The van der Waals surface area contributed by atoms with Crippen LogP contribution in [0.5, 0.6) is 0 Å². The van der Waals surface area contributed by atoms with Crippen molar-refractivity contribution in [1.29, 1.82) is 0 Å². The number of amides is 1.